The zero-order chi connectivity index (χ0) is 20.9. The van der Waals surface area contributed by atoms with Gasteiger partial charge in [0.25, 0.3) is 0 Å². The smallest absolute Gasteiger partial charge is 0.227 e. The monoisotopic (exact) mass is 405 g/mol. The van der Waals surface area contributed by atoms with Crippen LogP contribution in [0, 0.1) is 0 Å². The Kier molecular flexibility index (Phi) is 5.74. The molecule has 30 heavy (non-hydrogen) atoms. The number of aryl methyl sites for hydroxylation is 2. The number of hydrogen-bond donors (Lipinski definition) is 1. The van der Waals surface area contributed by atoms with Crippen LogP contribution in [0.5, 0.6) is 5.75 Å². The summed E-state index contributed by atoms with van der Waals surface area (Å²) in [6.07, 6.45) is 0.569. The largest absolute Gasteiger partial charge is 0.494 e. The van der Waals surface area contributed by atoms with E-state index in [1.165, 1.54) is 0 Å². The number of carbonyl (C=O) groups is 1. The molecule has 0 bridgehead atoms. The lowest BCUT2D eigenvalue weighted by molar-refractivity contribution is -0.116. The van der Waals surface area contributed by atoms with Crippen LogP contribution in [0.1, 0.15) is 26.2 Å². The summed E-state index contributed by atoms with van der Waals surface area (Å²) in [5, 5.41) is 6.89. The number of aromatic nitrogens is 4. The molecular weight excluding hydrogens is 382 g/mol. The highest BCUT2D eigenvalue weighted by atomic mass is 16.5. The summed E-state index contributed by atoms with van der Waals surface area (Å²) in [5.41, 5.74) is 2.67. The van der Waals surface area contributed by atoms with Crippen molar-refractivity contribution in [1.29, 1.82) is 0 Å². The van der Waals surface area contributed by atoms with Gasteiger partial charge in [-0.25, -0.2) is 4.98 Å². The van der Waals surface area contributed by atoms with Crippen LogP contribution in [-0.4, -0.2) is 32.2 Å². The molecule has 8 heteroatoms. The van der Waals surface area contributed by atoms with Crippen LogP contribution >= 0.6 is 0 Å². The van der Waals surface area contributed by atoms with Gasteiger partial charge in [-0.05, 0) is 50.2 Å². The number of imidazole rings is 1. The number of hydrogen-bond acceptors (Lipinski definition) is 6. The third-order valence-corrected chi connectivity index (χ3v) is 4.68. The van der Waals surface area contributed by atoms with Crippen LogP contribution in [0.2, 0.25) is 0 Å². The number of benzene rings is 2. The summed E-state index contributed by atoms with van der Waals surface area (Å²) >= 11 is 0. The van der Waals surface area contributed by atoms with E-state index in [-0.39, 0.29) is 12.3 Å². The molecule has 4 aromatic rings. The zero-order valence-electron chi connectivity index (χ0n) is 17.0. The van der Waals surface area contributed by atoms with Gasteiger partial charge in [0.05, 0.1) is 17.6 Å². The Balaban J connectivity index is 1.38. The molecule has 1 amide bonds. The highest BCUT2D eigenvalue weighted by molar-refractivity contribution is 5.91. The quantitative estimate of drug-likeness (QED) is 0.475. The molecule has 0 aliphatic carbocycles. The zero-order valence-corrected chi connectivity index (χ0v) is 17.0. The van der Waals surface area contributed by atoms with Crippen LogP contribution in [-0.2, 0) is 17.8 Å². The maximum atomic E-state index is 12.4. The Morgan fingerprint density at radius 3 is 2.67 bits per heavy atom. The van der Waals surface area contributed by atoms with Crippen LogP contribution in [0.25, 0.3) is 22.4 Å². The van der Waals surface area contributed by atoms with Crippen molar-refractivity contribution in [3.63, 3.8) is 0 Å². The summed E-state index contributed by atoms with van der Waals surface area (Å²) in [5.74, 6) is 2.09. The molecule has 4 rings (SSSR count). The Hall–Kier alpha value is -3.68. The van der Waals surface area contributed by atoms with E-state index >= 15 is 0 Å². The normalized spacial score (nSPS) is 11.0. The highest BCUT2D eigenvalue weighted by Gasteiger charge is 2.14. The predicted molar refractivity (Wildman–Crippen MR) is 113 cm³/mol. The molecule has 0 radical (unpaired) electrons. The lowest BCUT2D eigenvalue weighted by Crippen LogP contribution is -2.16. The van der Waals surface area contributed by atoms with Crippen molar-refractivity contribution < 1.29 is 14.1 Å². The molecule has 0 aliphatic rings. The van der Waals surface area contributed by atoms with Crippen LogP contribution < -0.4 is 10.1 Å². The molecule has 8 nitrogen and oxygen atoms in total. The van der Waals surface area contributed by atoms with Crippen LogP contribution in [0.4, 0.5) is 5.95 Å². The van der Waals surface area contributed by atoms with E-state index in [1.807, 2.05) is 66.9 Å². The molecule has 0 fully saturated rings. The van der Waals surface area contributed by atoms with Gasteiger partial charge in [-0.3, -0.25) is 10.1 Å². The minimum atomic E-state index is -0.152. The van der Waals surface area contributed by atoms with E-state index in [1.54, 1.807) is 0 Å². The fourth-order valence-electron chi connectivity index (χ4n) is 3.24. The molecular formula is C22H23N5O3. The van der Waals surface area contributed by atoms with Crippen molar-refractivity contribution in [3.8, 4) is 17.1 Å². The average molecular weight is 405 g/mol. The van der Waals surface area contributed by atoms with Gasteiger partial charge in [0.1, 0.15) is 5.75 Å². The summed E-state index contributed by atoms with van der Waals surface area (Å²) in [4.78, 5) is 21.3. The summed E-state index contributed by atoms with van der Waals surface area (Å²) < 4.78 is 12.7. The van der Waals surface area contributed by atoms with Gasteiger partial charge in [0.15, 0.2) is 0 Å². The summed E-state index contributed by atoms with van der Waals surface area (Å²) in [7, 11) is 0. The predicted octanol–water partition coefficient (Wildman–Crippen LogP) is 4.08. The van der Waals surface area contributed by atoms with E-state index in [4.69, 9.17) is 9.26 Å². The van der Waals surface area contributed by atoms with Gasteiger partial charge in [-0.15, -0.1) is 0 Å². The van der Waals surface area contributed by atoms with E-state index < -0.39 is 0 Å². The molecule has 2 aromatic carbocycles. The number of nitrogens with one attached hydrogen (secondary N) is 1. The Morgan fingerprint density at radius 2 is 1.90 bits per heavy atom. The number of ether oxygens (including phenoxy) is 1. The first-order chi connectivity index (χ1) is 14.7. The van der Waals surface area contributed by atoms with Gasteiger partial charge in [0.2, 0.25) is 23.6 Å². The van der Waals surface area contributed by atoms with E-state index in [2.05, 4.69) is 20.4 Å². The second-order valence-electron chi connectivity index (χ2n) is 6.69. The van der Waals surface area contributed by atoms with Gasteiger partial charge in [-0.2, -0.15) is 4.98 Å². The van der Waals surface area contributed by atoms with Crippen molar-refractivity contribution in [2.24, 2.45) is 0 Å². The van der Waals surface area contributed by atoms with Gasteiger partial charge in [0, 0.05) is 24.9 Å². The molecule has 2 aromatic heterocycles. The second-order valence-corrected chi connectivity index (χ2v) is 6.69. The fourth-order valence-corrected chi connectivity index (χ4v) is 3.24. The molecule has 0 atom stereocenters. The second kappa shape index (κ2) is 8.77. The number of carbonyl (C=O) groups excluding carboxylic acids is 1. The summed E-state index contributed by atoms with van der Waals surface area (Å²) in [6.45, 7) is 5.28. The van der Waals surface area contributed by atoms with Gasteiger partial charge < -0.3 is 13.8 Å². The first-order valence-corrected chi connectivity index (χ1v) is 9.99. The lowest BCUT2D eigenvalue weighted by atomic mass is 10.2. The third kappa shape index (κ3) is 4.17. The minimum Gasteiger partial charge on any atom is -0.494 e. The van der Waals surface area contributed by atoms with Crippen molar-refractivity contribution in [2.75, 3.05) is 11.9 Å². The van der Waals surface area contributed by atoms with E-state index in [9.17, 15) is 4.79 Å². The number of nitrogens with zero attached hydrogens (tertiary/aromatic N) is 4. The molecule has 1 N–H and O–H groups in total. The molecule has 0 saturated heterocycles. The van der Waals surface area contributed by atoms with Crippen molar-refractivity contribution in [1.82, 2.24) is 19.7 Å². The Labute approximate surface area is 173 Å². The average Bonchev–Trinajstić information content (AvgIpc) is 3.37. The first kappa shape index (κ1) is 19.6. The molecule has 0 unspecified atom stereocenters. The Morgan fingerprint density at radius 1 is 1.10 bits per heavy atom. The number of anilines is 1. The third-order valence-electron chi connectivity index (χ3n) is 4.68. The number of para-hydroxylation sites is 2. The first-order valence-electron chi connectivity index (χ1n) is 9.99. The highest BCUT2D eigenvalue weighted by Crippen LogP contribution is 2.21. The maximum Gasteiger partial charge on any atom is 0.227 e. The molecule has 0 aliphatic heterocycles. The molecule has 0 spiro atoms. The van der Waals surface area contributed by atoms with Crippen molar-refractivity contribution in [2.45, 2.75) is 33.2 Å². The number of amides is 1. The number of fused-ring (bicyclic) bond motifs is 1. The minimum absolute atomic E-state index is 0.152. The number of rotatable bonds is 8. The standard InChI is InChI=1S/C22H23N5O3/c1-3-27-18-8-6-5-7-17(18)23-22(27)24-19(28)13-14-20-25-21(26-30-20)15-9-11-16(12-10-15)29-4-2/h5-12H,3-4,13-14H2,1-2H3,(H,23,24,28). The Bertz CT molecular complexity index is 1150. The van der Waals surface area contributed by atoms with Crippen molar-refractivity contribution >= 4 is 22.9 Å². The molecule has 154 valence electrons. The van der Waals surface area contributed by atoms with Gasteiger partial charge in [-0.1, -0.05) is 17.3 Å². The van der Waals surface area contributed by atoms with E-state index in [0.717, 1.165) is 22.3 Å². The lowest BCUT2D eigenvalue weighted by Gasteiger charge is -2.06. The van der Waals surface area contributed by atoms with Crippen LogP contribution in [0.3, 0.4) is 0 Å². The van der Waals surface area contributed by atoms with E-state index in [0.29, 0.717) is 37.2 Å². The van der Waals surface area contributed by atoms with Crippen LogP contribution in [0.15, 0.2) is 53.1 Å². The maximum absolute atomic E-state index is 12.4. The van der Waals surface area contributed by atoms with Gasteiger partial charge >= 0.3 is 0 Å². The van der Waals surface area contributed by atoms with Crippen molar-refractivity contribution in [3.05, 3.63) is 54.4 Å². The SMILES string of the molecule is CCOc1ccc(-c2noc(CCC(=O)Nc3nc4ccccc4n3CC)n2)cc1. The summed E-state index contributed by atoms with van der Waals surface area (Å²) in [6, 6.07) is 15.3. The topological polar surface area (TPSA) is 95.1 Å². The fraction of sp³-hybridized carbons (Fsp3) is 0.273. The molecule has 0 saturated carbocycles. The molecule has 2 heterocycles.